The monoisotopic (exact) mass is 357 g/mol. The molecule has 1 heterocycles. The van der Waals surface area contributed by atoms with Crippen LogP contribution in [0.2, 0.25) is 0 Å². The molecule has 1 rings (SSSR count). The molecule has 0 aromatic rings. The van der Waals surface area contributed by atoms with Crippen LogP contribution in [0.15, 0.2) is 11.8 Å². The summed E-state index contributed by atoms with van der Waals surface area (Å²) in [5.74, 6) is 0. The van der Waals surface area contributed by atoms with Gasteiger partial charge in [0.1, 0.15) is 0 Å². The molecule has 8 nitrogen and oxygen atoms in total. The molecule has 1 aliphatic heterocycles. The van der Waals surface area contributed by atoms with Crippen molar-refractivity contribution in [1.82, 2.24) is 5.48 Å². The summed E-state index contributed by atoms with van der Waals surface area (Å²) in [6, 6.07) is 0. The summed E-state index contributed by atoms with van der Waals surface area (Å²) in [6.45, 7) is 8.67. The van der Waals surface area contributed by atoms with Crippen LogP contribution in [0.5, 0.6) is 0 Å². The van der Waals surface area contributed by atoms with Crippen LogP contribution in [-0.4, -0.2) is 31.5 Å². The fourth-order valence-electron chi connectivity index (χ4n) is 2.04. The van der Waals surface area contributed by atoms with Crippen molar-refractivity contribution >= 4 is 15.2 Å². The fraction of sp³-hybridized carbons (Fsp3) is 0.833. The van der Waals surface area contributed by atoms with Gasteiger partial charge in [0.2, 0.25) is 0 Å². The van der Waals surface area contributed by atoms with Crippen molar-refractivity contribution in [3.8, 4) is 0 Å². The quantitative estimate of drug-likeness (QED) is 0.593. The van der Waals surface area contributed by atoms with Gasteiger partial charge in [-0.3, -0.25) is 14.6 Å². The molecule has 0 atom stereocenters. The van der Waals surface area contributed by atoms with Crippen LogP contribution in [-0.2, 0) is 32.1 Å². The highest BCUT2D eigenvalue weighted by atomic mass is 31.2. The summed E-state index contributed by atoms with van der Waals surface area (Å²) < 4.78 is 47.9. The highest BCUT2D eigenvalue weighted by molar-refractivity contribution is 7.74. The van der Waals surface area contributed by atoms with E-state index in [4.69, 9.17) is 22.9 Å². The number of hydrogen-bond donors (Lipinski definition) is 1. The first kappa shape index (κ1) is 19.8. The molecular formula is C12H25NO7P2. The number of hydrogen-bond acceptors (Lipinski definition) is 8. The molecule has 10 heteroatoms. The van der Waals surface area contributed by atoms with Gasteiger partial charge >= 0.3 is 20.3 Å². The van der Waals surface area contributed by atoms with E-state index in [9.17, 15) is 9.13 Å². The zero-order valence-corrected chi connectivity index (χ0v) is 15.4. The van der Waals surface area contributed by atoms with Crippen molar-refractivity contribution in [3.63, 3.8) is 0 Å². The molecule has 0 fully saturated rings. The Bertz CT molecular complexity index is 444. The van der Waals surface area contributed by atoms with E-state index < -0.39 is 20.3 Å². The number of rotatable bonds is 10. The molecule has 0 radical (unpaired) electrons. The minimum atomic E-state index is -3.99. The van der Waals surface area contributed by atoms with Crippen LogP contribution >= 0.6 is 15.2 Å². The third kappa shape index (κ3) is 3.49. The molecule has 0 spiro atoms. The molecule has 0 aromatic carbocycles. The van der Waals surface area contributed by atoms with Crippen molar-refractivity contribution in [2.75, 3.05) is 26.4 Å². The molecule has 130 valence electrons. The van der Waals surface area contributed by atoms with Crippen LogP contribution in [0.3, 0.4) is 0 Å². The van der Waals surface area contributed by atoms with E-state index in [1.165, 1.54) is 6.08 Å². The summed E-state index contributed by atoms with van der Waals surface area (Å²) in [5, 5.41) is -1.97. The van der Waals surface area contributed by atoms with E-state index in [0.29, 0.717) is 5.70 Å². The lowest BCUT2D eigenvalue weighted by Gasteiger charge is -2.36. The topological polar surface area (TPSA) is 92.3 Å². The predicted octanol–water partition coefficient (Wildman–Crippen LogP) is 3.61. The van der Waals surface area contributed by atoms with E-state index in [0.717, 1.165) is 0 Å². The summed E-state index contributed by atoms with van der Waals surface area (Å²) in [6.07, 6.45) is 1.39. The SMILES string of the molecule is CCOP(=O)(OCC)C1(P(=O)(OCC)OCC)C=C(C)NO1. The molecule has 0 unspecified atom stereocenters. The zero-order chi connectivity index (χ0) is 16.9. The Morgan fingerprint density at radius 3 is 1.55 bits per heavy atom. The Morgan fingerprint density at radius 1 is 0.955 bits per heavy atom. The third-order valence-electron chi connectivity index (χ3n) is 2.75. The standard InChI is InChI=1S/C12H25NO7P2/c1-6-16-21(14,17-7-2)12(10-11(5)13-20-12)22(15,18-8-3)19-9-4/h10,13H,6-9H2,1-5H3. The number of hydroxylamine groups is 1. The van der Waals surface area contributed by atoms with Gasteiger partial charge in [-0.05, 0) is 40.7 Å². The Kier molecular flexibility index (Phi) is 7.27. The average molecular weight is 357 g/mol. The average Bonchev–Trinajstić information content (AvgIpc) is 2.84. The summed E-state index contributed by atoms with van der Waals surface area (Å²) >= 11 is 0. The molecule has 0 amide bonds. The van der Waals surface area contributed by atoms with Gasteiger partial charge in [0.05, 0.1) is 26.4 Å². The van der Waals surface area contributed by atoms with Crippen molar-refractivity contribution in [2.45, 2.75) is 39.7 Å². The number of allylic oxidation sites excluding steroid dienone is 1. The van der Waals surface area contributed by atoms with Gasteiger partial charge in [-0.25, -0.2) is 4.84 Å². The van der Waals surface area contributed by atoms with Gasteiger partial charge in [-0.2, -0.15) is 0 Å². The largest absolute Gasteiger partial charge is 0.381 e. The lowest BCUT2D eigenvalue weighted by molar-refractivity contribution is 0.0127. The van der Waals surface area contributed by atoms with Crippen molar-refractivity contribution < 1.29 is 32.1 Å². The molecule has 0 saturated carbocycles. The van der Waals surface area contributed by atoms with Gasteiger partial charge in [0, 0.05) is 5.70 Å². The maximum absolute atomic E-state index is 13.3. The minimum Gasteiger partial charge on any atom is -0.306 e. The Morgan fingerprint density at radius 2 is 1.32 bits per heavy atom. The highest BCUT2D eigenvalue weighted by Crippen LogP contribution is 2.79. The summed E-state index contributed by atoms with van der Waals surface area (Å²) in [5.41, 5.74) is 3.07. The maximum Gasteiger partial charge on any atom is 0.381 e. The molecule has 1 aliphatic rings. The van der Waals surface area contributed by atoms with Crippen molar-refractivity contribution in [3.05, 3.63) is 11.8 Å². The van der Waals surface area contributed by atoms with Crippen molar-refractivity contribution in [2.24, 2.45) is 0 Å². The number of nitrogens with one attached hydrogen (secondary N) is 1. The van der Waals surface area contributed by atoms with Crippen LogP contribution in [0.25, 0.3) is 0 Å². The van der Waals surface area contributed by atoms with Gasteiger partial charge in [0.25, 0.3) is 0 Å². The molecule has 0 bridgehead atoms. The first-order valence-corrected chi connectivity index (χ1v) is 10.3. The Labute approximate surface area is 131 Å². The Balaban J connectivity index is 3.48. The van der Waals surface area contributed by atoms with Gasteiger partial charge in [-0.1, -0.05) is 0 Å². The molecule has 0 aliphatic carbocycles. The molecule has 22 heavy (non-hydrogen) atoms. The second-order valence-electron chi connectivity index (χ2n) is 4.36. The van der Waals surface area contributed by atoms with Gasteiger partial charge in [-0.15, -0.1) is 0 Å². The first-order chi connectivity index (χ1) is 10.3. The van der Waals surface area contributed by atoms with Crippen LogP contribution in [0.4, 0.5) is 0 Å². The normalized spacial score (nSPS) is 18.1. The Hall–Kier alpha value is -0.200. The van der Waals surface area contributed by atoms with Gasteiger partial charge < -0.3 is 18.1 Å². The van der Waals surface area contributed by atoms with E-state index in [1.807, 2.05) is 0 Å². The van der Waals surface area contributed by atoms with Crippen LogP contribution < -0.4 is 5.48 Å². The summed E-state index contributed by atoms with van der Waals surface area (Å²) in [7, 11) is -7.98. The van der Waals surface area contributed by atoms with Gasteiger partial charge in [0.15, 0.2) is 0 Å². The van der Waals surface area contributed by atoms with Crippen molar-refractivity contribution in [1.29, 1.82) is 0 Å². The fourth-order valence-corrected chi connectivity index (χ4v) is 7.20. The zero-order valence-electron chi connectivity index (χ0n) is 13.7. The molecule has 0 saturated heterocycles. The summed E-state index contributed by atoms with van der Waals surface area (Å²) in [4.78, 5) is 5.42. The third-order valence-corrected chi connectivity index (χ3v) is 8.62. The molecule has 0 aromatic heterocycles. The highest BCUT2D eigenvalue weighted by Gasteiger charge is 2.68. The predicted molar refractivity (Wildman–Crippen MR) is 82.4 cm³/mol. The smallest absolute Gasteiger partial charge is 0.306 e. The lowest BCUT2D eigenvalue weighted by Crippen LogP contribution is -2.34. The van der Waals surface area contributed by atoms with E-state index >= 15 is 0 Å². The van der Waals surface area contributed by atoms with E-state index in [1.54, 1.807) is 34.6 Å². The minimum absolute atomic E-state index is 0.0908. The first-order valence-electron chi connectivity index (χ1n) is 7.26. The second kappa shape index (κ2) is 8.06. The van der Waals surface area contributed by atoms with E-state index in [-0.39, 0.29) is 26.4 Å². The van der Waals surface area contributed by atoms with Crippen LogP contribution in [0, 0.1) is 0 Å². The second-order valence-corrected chi connectivity index (χ2v) is 9.06. The molecule has 1 N–H and O–H groups in total. The maximum atomic E-state index is 13.3. The lowest BCUT2D eigenvalue weighted by atomic mass is 10.5. The van der Waals surface area contributed by atoms with Crippen LogP contribution in [0.1, 0.15) is 34.6 Å². The molecular weight excluding hydrogens is 332 g/mol. The van der Waals surface area contributed by atoms with E-state index in [2.05, 4.69) is 5.48 Å².